The maximum Gasteiger partial charge on any atom is 0.332 e. The van der Waals surface area contributed by atoms with E-state index in [9.17, 15) is 14.4 Å². The van der Waals surface area contributed by atoms with Gasteiger partial charge < -0.3 is 15.0 Å². The van der Waals surface area contributed by atoms with E-state index in [1.165, 1.54) is 13.0 Å². The number of carbonyl (C=O) groups excluding carboxylic acids is 3. The quantitative estimate of drug-likeness (QED) is 0.630. The molecule has 0 aromatic carbocycles. The van der Waals surface area contributed by atoms with Gasteiger partial charge in [0.2, 0.25) is 11.8 Å². The standard InChI is InChI=1S/C18H30N2O4/c1-8-10-14(22)20-16(4,5)11-18(19-13(3)21,12-17(20,6)7)15(23)24-9-2/h8,10H,9,11-12H2,1-7H3,(H,19,21)/b10-8+. The van der Waals surface area contributed by atoms with E-state index in [0.717, 1.165) is 0 Å². The van der Waals surface area contributed by atoms with Crippen LogP contribution in [-0.2, 0) is 19.1 Å². The average Bonchev–Trinajstić information content (AvgIpc) is 2.34. The summed E-state index contributed by atoms with van der Waals surface area (Å²) in [4.78, 5) is 38.8. The minimum atomic E-state index is -1.14. The molecule has 0 radical (unpaired) electrons. The van der Waals surface area contributed by atoms with Gasteiger partial charge in [0.25, 0.3) is 0 Å². The molecule has 1 aliphatic heterocycles. The highest BCUT2D eigenvalue weighted by Gasteiger charge is 2.58. The summed E-state index contributed by atoms with van der Waals surface area (Å²) in [5.41, 5.74) is -2.40. The Morgan fingerprint density at radius 2 is 1.62 bits per heavy atom. The third-order valence-corrected chi connectivity index (χ3v) is 4.29. The van der Waals surface area contributed by atoms with Crippen LogP contribution in [0.25, 0.3) is 0 Å². The number of rotatable bonds is 4. The molecule has 0 spiro atoms. The molecular weight excluding hydrogens is 308 g/mol. The summed E-state index contributed by atoms with van der Waals surface area (Å²) in [5.74, 6) is -0.838. The summed E-state index contributed by atoms with van der Waals surface area (Å²) in [6, 6.07) is 0. The van der Waals surface area contributed by atoms with Gasteiger partial charge in [-0.15, -0.1) is 0 Å². The van der Waals surface area contributed by atoms with Crippen molar-refractivity contribution in [3.05, 3.63) is 12.2 Å². The topological polar surface area (TPSA) is 75.7 Å². The maximum absolute atomic E-state index is 12.7. The Hall–Kier alpha value is -1.85. The molecule has 136 valence electrons. The fourth-order valence-electron chi connectivity index (χ4n) is 4.22. The molecule has 1 saturated heterocycles. The van der Waals surface area contributed by atoms with Crippen LogP contribution in [0.2, 0.25) is 0 Å². The van der Waals surface area contributed by atoms with Gasteiger partial charge in [0, 0.05) is 30.8 Å². The molecule has 0 unspecified atom stereocenters. The van der Waals surface area contributed by atoms with E-state index in [1.54, 1.807) is 24.8 Å². The third-order valence-electron chi connectivity index (χ3n) is 4.29. The van der Waals surface area contributed by atoms with Gasteiger partial charge in [0.15, 0.2) is 0 Å². The third kappa shape index (κ3) is 3.97. The van der Waals surface area contributed by atoms with E-state index >= 15 is 0 Å². The lowest BCUT2D eigenvalue weighted by atomic mass is 9.68. The molecule has 1 heterocycles. The first-order chi connectivity index (χ1) is 10.9. The summed E-state index contributed by atoms with van der Waals surface area (Å²) in [6.07, 6.45) is 3.82. The van der Waals surface area contributed by atoms with Crippen LogP contribution in [0, 0.1) is 0 Å². The molecule has 24 heavy (non-hydrogen) atoms. The molecule has 0 aromatic rings. The molecule has 1 N–H and O–H groups in total. The fourth-order valence-corrected chi connectivity index (χ4v) is 4.22. The lowest BCUT2D eigenvalue weighted by Crippen LogP contribution is -2.72. The zero-order chi connectivity index (χ0) is 18.8. The highest BCUT2D eigenvalue weighted by atomic mass is 16.5. The number of hydrogen-bond acceptors (Lipinski definition) is 4. The Morgan fingerprint density at radius 1 is 1.12 bits per heavy atom. The number of allylic oxidation sites excluding steroid dienone is 1. The van der Waals surface area contributed by atoms with Crippen molar-refractivity contribution in [1.82, 2.24) is 10.2 Å². The molecule has 0 aromatic heterocycles. The summed E-state index contributed by atoms with van der Waals surface area (Å²) < 4.78 is 5.24. The van der Waals surface area contributed by atoms with E-state index in [2.05, 4.69) is 5.32 Å². The molecule has 6 heteroatoms. The van der Waals surface area contributed by atoms with E-state index in [4.69, 9.17) is 4.74 Å². The predicted molar refractivity (Wildman–Crippen MR) is 92.2 cm³/mol. The summed E-state index contributed by atoms with van der Waals surface area (Å²) >= 11 is 0. The average molecular weight is 338 g/mol. The number of nitrogens with zero attached hydrogens (tertiary/aromatic N) is 1. The second-order valence-electron chi connectivity index (χ2n) is 7.64. The summed E-state index contributed by atoms with van der Waals surface area (Å²) in [6.45, 7) is 12.8. The first-order valence-electron chi connectivity index (χ1n) is 8.35. The monoisotopic (exact) mass is 338 g/mol. The molecule has 6 nitrogen and oxygen atoms in total. The van der Waals surface area contributed by atoms with Crippen LogP contribution >= 0.6 is 0 Å². The van der Waals surface area contributed by atoms with Crippen molar-refractivity contribution in [3.63, 3.8) is 0 Å². The van der Waals surface area contributed by atoms with Crippen LogP contribution in [0.15, 0.2) is 12.2 Å². The van der Waals surface area contributed by atoms with E-state index in [0.29, 0.717) is 12.8 Å². The van der Waals surface area contributed by atoms with Crippen molar-refractivity contribution in [3.8, 4) is 0 Å². The van der Waals surface area contributed by atoms with Crippen LogP contribution in [0.1, 0.15) is 61.3 Å². The van der Waals surface area contributed by atoms with Crippen molar-refractivity contribution < 1.29 is 19.1 Å². The second-order valence-corrected chi connectivity index (χ2v) is 7.64. The molecule has 0 atom stereocenters. The van der Waals surface area contributed by atoms with Gasteiger partial charge in [0.05, 0.1) is 6.61 Å². The molecule has 1 rings (SSSR count). The number of likely N-dealkylation sites (tertiary alicyclic amines) is 1. The highest BCUT2D eigenvalue weighted by molar-refractivity contribution is 5.91. The zero-order valence-electron chi connectivity index (χ0n) is 15.9. The van der Waals surface area contributed by atoms with Gasteiger partial charge in [-0.1, -0.05) is 6.08 Å². The maximum atomic E-state index is 12.7. The largest absolute Gasteiger partial charge is 0.464 e. The number of ether oxygens (including phenoxy) is 1. The molecule has 2 amide bonds. The Kier molecular flexibility index (Phi) is 5.85. The van der Waals surface area contributed by atoms with Crippen molar-refractivity contribution in [1.29, 1.82) is 0 Å². The van der Waals surface area contributed by atoms with Gasteiger partial charge in [-0.2, -0.15) is 0 Å². The molecule has 1 aliphatic rings. The van der Waals surface area contributed by atoms with Crippen molar-refractivity contribution in [2.24, 2.45) is 0 Å². The van der Waals surface area contributed by atoms with Gasteiger partial charge >= 0.3 is 5.97 Å². The zero-order valence-corrected chi connectivity index (χ0v) is 15.9. The number of nitrogens with one attached hydrogen (secondary N) is 1. The first-order valence-corrected chi connectivity index (χ1v) is 8.35. The first kappa shape index (κ1) is 20.2. The Balaban J connectivity index is 3.38. The van der Waals surface area contributed by atoms with Crippen LogP contribution < -0.4 is 5.32 Å². The van der Waals surface area contributed by atoms with Crippen LogP contribution in [-0.4, -0.2) is 45.9 Å². The van der Waals surface area contributed by atoms with Gasteiger partial charge in [-0.25, -0.2) is 4.79 Å². The molecule has 0 aliphatic carbocycles. The van der Waals surface area contributed by atoms with Crippen molar-refractivity contribution in [2.45, 2.75) is 77.9 Å². The van der Waals surface area contributed by atoms with Crippen LogP contribution in [0.5, 0.6) is 0 Å². The Morgan fingerprint density at radius 3 is 2.00 bits per heavy atom. The Bertz CT molecular complexity index is 531. The van der Waals surface area contributed by atoms with Crippen LogP contribution in [0.3, 0.4) is 0 Å². The molecule has 0 bridgehead atoms. The number of carbonyl (C=O) groups is 3. The van der Waals surface area contributed by atoms with E-state index in [1.807, 2.05) is 27.7 Å². The number of amides is 2. The molecule has 1 fully saturated rings. The number of esters is 1. The van der Waals surface area contributed by atoms with Crippen LogP contribution in [0.4, 0.5) is 0 Å². The fraction of sp³-hybridized carbons (Fsp3) is 0.722. The minimum absolute atomic E-state index is 0.104. The summed E-state index contributed by atoms with van der Waals surface area (Å²) in [7, 11) is 0. The SMILES string of the molecule is C/C=C/C(=O)N1C(C)(C)CC(NC(C)=O)(C(=O)OCC)CC1(C)C. The number of hydrogen-bond donors (Lipinski definition) is 1. The molecular formula is C18H30N2O4. The summed E-state index contributed by atoms with van der Waals surface area (Å²) in [5, 5.41) is 2.81. The second kappa shape index (κ2) is 6.95. The lowest BCUT2D eigenvalue weighted by Gasteiger charge is -2.58. The smallest absolute Gasteiger partial charge is 0.332 e. The number of piperidine rings is 1. The predicted octanol–water partition coefficient (Wildman–Crippen LogP) is 2.18. The highest BCUT2D eigenvalue weighted by Crippen LogP contribution is 2.44. The van der Waals surface area contributed by atoms with Gasteiger partial charge in [-0.05, 0) is 47.6 Å². The van der Waals surface area contributed by atoms with E-state index < -0.39 is 22.6 Å². The Labute approximate surface area is 144 Å². The van der Waals surface area contributed by atoms with Crippen molar-refractivity contribution in [2.75, 3.05) is 6.61 Å². The van der Waals surface area contributed by atoms with Gasteiger partial charge in [0.1, 0.15) is 5.54 Å². The lowest BCUT2D eigenvalue weighted by molar-refractivity contribution is -0.169. The minimum Gasteiger partial charge on any atom is -0.464 e. The van der Waals surface area contributed by atoms with E-state index in [-0.39, 0.29) is 18.4 Å². The van der Waals surface area contributed by atoms with Crippen molar-refractivity contribution >= 4 is 17.8 Å². The van der Waals surface area contributed by atoms with Gasteiger partial charge in [-0.3, -0.25) is 9.59 Å². The molecule has 0 saturated carbocycles. The normalized spacial score (nSPS) is 21.4.